The first-order chi connectivity index (χ1) is 12.0. The lowest BCUT2D eigenvalue weighted by atomic mass is 10.1. The zero-order valence-electron chi connectivity index (χ0n) is 12.6. The molecule has 0 spiro atoms. The summed E-state index contributed by atoms with van der Waals surface area (Å²) in [6.07, 6.45) is -2.64. The quantitative estimate of drug-likeness (QED) is 0.733. The number of alkyl halides is 2. The zero-order chi connectivity index (χ0) is 17.8. The third-order valence-corrected chi connectivity index (χ3v) is 3.34. The van der Waals surface area contributed by atoms with Gasteiger partial charge in [-0.1, -0.05) is 0 Å². The van der Waals surface area contributed by atoms with Crippen LogP contribution in [0.5, 0.6) is 11.5 Å². The lowest BCUT2D eigenvalue weighted by Gasteiger charge is -2.21. The van der Waals surface area contributed by atoms with Crippen molar-refractivity contribution in [1.29, 1.82) is 0 Å². The van der Waals surface area contributed by atoms with Crippen molar-refractivity contribution in [2.75, 3.05) is 0 Å². The molecule has 0 aliphatic carbocycles. The van der Waals surface area contributed by atoms with Crippen molar-refractivity contribution < 1.29 is 23.0 Å². The summed E-state index contributed by atoms with van der Waals surface area (Å²) >= 11 is 0. The van der Waals surface area contributed by atoms with Crippen LogP contribution >= 0.6 is 0 Å². The van der Waals surface area contributed by atoms with E-state index in [0.717, 1.165) is 11.0 Å². The number of aliphatic hydroxyl groups excluding tert-OH is 1. The average Bonchev–Trinajstić information content (AvgIpc) is 3.12. The largest absolute Gasteiger partial charge is 0.456 e. The summed E-state index contributed by atoms with van der Waals surface area (Å²) in [5.41, 5.74) is 0.131. The van der Waals surface area contributed by atoms with Gasteiger partial charge < -0.3 is 9.84 Å². The standard InChI is InChI=1S/C15H12F3N5O2/c16-9-1-3-10(4-2-9)25-11-5-6-12(19-7-11)13(14(24)15(17)18)23-8-20-21-22-23/h1-8,13-15,24H. The summed E-state index contributed by atoms with van der Waals surface area (Å²) in [6, 6.07) is 7.00. The van der Waals surface area contributed by atoms with Crippen LogP contribution in [0.4, 0.5) is 13.2 Å². The first-order valence-corrected chi connectivity index (χ1v) is 7.12. The fourth-order valence-electron chi connectivity index (χ4n) is 2.17. The minimum Gasteiger partial charge on any atom is -0.456 e. The number of aromatic nitrogens is 5. The third kappa shape index (κ3) is 3.91. The van der Waals surface area contributed by atoms with Crippen molar-refractivity contribution in [3.63, 3.8) is 0 Å². The Kier molecular flexibility index (Phi) is 4.89. The van der Waals surface area contributed by atoms with Crippen molar-refractivity contribution in [1.82, 2.24) is 25.2 Å². The van der Waals surface area contributed by atoms with Crippen LogP contribution in [0.15, 0.2) is 48.9 Å². The van der Waals surface area contributed by atoms with Crippen LogP contribution in [-0.2, 0) is 0 Å². The van der Waals surface area contributed by atoms with Crippen LogP contribution < -0.4 is 4.74 Å². The maximum atomic E-state index is 12.9. The number of tetrazole rings is 1. The molecule has 3 rings (SSSR count). The molecule has 7 nitrogen and oxygen atoms in total. The number of hydrogen-bond donors (Lipinski definition) is 1. The van der Waals surface area contributed by atoms with E-state index < -0.39 is 24.4 Å². The molecule has 0 radical (unpaired) electrons. The summed E-state index contributed by atoms with van der Waals surface area (Å²) in [4.78, 5) is 4.04. The Bertz CT molecular complexity index is 797. The lowest BCUT2D eigenvalue weighted by Crippen LogP contribution is -2.32. The molecule has 0 fully saturated rings. The van der Waals surface area contributed by atoms with E-state index in [9.17, 15) is 18.3 Å². The Morgan fingerprint density at radius 3 is 2.32 bits per heavy atom. The van der Waals surface area contributed by atoms with Crippen LogP contribution in [0.2, 0.25) is 0 Å². The Morgan fingerprint density at radius 1 is 1.04 bits per heavy atom. The van der Waals surface area contributed by atoms with Crippen LogP contribution in [0.3, 0.4) is 0 Å². The second-order valence-electron chi connectivity index (χ2n) is 5.03. The molecule has 10 heteroatoms. The van der Waals surface area contributed by atoms with Crippen molar-refractivity contribution >= 4 is 0 Å². The van der Waals surface area contributed by atoms with E-state index in [-0.39, 0.29) is 5.69 Å². The molecular formula is C15H12F3N5O2. The highest BCUT2D eigenvalue weighted by molar-refractivity contribution is 5.30. The number of ether oxygens (including phenoxy) is 1. The lowest BCUT2D eigenvalue weighted by molar-refractivity contribution is -0.0292. The number of pyridine rings is 1. The van der Waals surface area contributed by atoms with E-state index in [2.05, 4.69) is 20.5 Å². The van der Waals surface area contributed by atoms with Crippen LogP contribution in [0, 0.1) is 5.82 Å². The molecule has 2 heterocycles. The van der Waals surface area contributed by atoms with Gasteiger partial charge in [-0.3, -0.25) is 4.98 Å². The first-order valence-electron chi connectivity index (χ1n) is 7.12. The van der Waals surface area contributed by atoms with E-state index in [1.807, 2.05) is 0 Å². The van der Waals surface area contributed by atoms with Gasteiger partial charge in [0.15, 0.2) is 0 Å². The topological polar surface area (TPSA) is 86.0 Å². The molecule has 0 aliphatic heterocycles. The van der Waals surface area contributed by atoms with Gasteiger partial charge in [0.1, 0.15) is 35.8 Å². The molecule has 0 saturated carbocycles. The van der Waals surface area contributed by atoms with E-state index in [0.29, 0.717) is 11.5 Å². The number of hydrogen-bond acceptors (Lipinski definition) is 6. The fraction of sp³-hybridized carbons (Fsp3) is 0.200. The molecule has 1 aromatic carbocycles. The highest BCUT2D eigenvalue weighted by atomic mass is 19.3. The monoisotopic (exact) mass is 351 g/mol. The molecular weight excluding hydrogens is 339 g/mol. The van der Waals surface area contributed by atoms with Crippen LogP contribution in [0.1, 0.15) is 11.7 Å². The molecule has 0 aliphatic rings. The molecule has 130 valence electrons. The van der Waals surface area contributed by atoms with Gasteiger partial charge in [-0.25, -0.2) is 17.9 Å². The number of halogens is 3. The van der Waals surface area contributed by atoms with E-state index in [1.54, 1.807) is 0 Å². The Labute approximate surface area is 139 Å². The van der Waals surface area contributed by atoms with Crippen molar-refractivity contribution in [3.05, 3.63) is 60.4 Å². The van der Waals surface area contributed by atoms with Gasteiger partial charge >= 0.3 is 0 Å². The second-order valence-corrected chi connectivity index (χ2v) is 5.03. The SMILES string of the molecule is OC(C(F)F)C(c1ccc(Oc2ccc(F)cc2)cn1)n1cnnn1. The molecule has 2 aromatic heterocycles. The van der Waals surface area contributed by atoms with E-state index >= 15 is 0 Å². The summed E-state index contributed by atoms with van der Waals surface area (Å²) in [7, 11) is 0. The Morgan fingerprint density at radius 2 is 1.76 bits per heavy atom. The molecule has 3 aromatic rings. The highest BCUT2D eigenvalue weighted by Gasteiger charge is 2.32. The van der Waals surface area contributed by atoms with Crippen molar-refractivity contribution in [2.45, 2.75) is 18.6 Å². The maximum absolute atomic E-state index is 12.9. The summed E-state index contributed by atoms with van der Waals surface area (Å²) in [5.74, 6) is 0.309. The molecule has 0 saturated heterocycles. The van der Waals surface area contributed by atoms with Gasteiger partial charge in [0, 0.05) is 0 Å². The first kappa shape index (κ1) is 16.8. The molecule has 1 N–H and O–H groups in total. The average molecular weight is 351 g/mol. The number of nitrogens with zero attached hydrogens (tertiary/aromatic N) is 5. The molecule has 0 amide bonds. The molecule has 2 atom stereocenters. The van der Waals surface area contributed by atoms with E-state index in [1.165, 1.54) is 42.6 Å². The summed E-state index contributed by atoms with van der Waals surface area (Å²) < 4.78 is 45.2. The normalized spacial score (nSPS) is 13.6. The highest BCUT2D eigenvalue weighted by Crippen LogP contribution is 2.26. The van der Waals surface area contributed by atoms with Gasteiger partial charge in [-0.2, -0.15) is 0 Å². The predicted molar refractivity (Wildman–Crippen MR) is 78.7 cm³/mol. The smallest absolute Gasteiger partial charge is 0.266 e. The maximum Gasteiger partial charge on any atom is 0.266 e. The number of aliphatic hydroxyl groups is 1. The van der Waals surface area contributed by atoms with Crippen LogP contribution in [-0.4, -0.2) is 42.8 Å². The summed E-state index contributed by atoms with van der Waals surface area (Å²) in [6.45, 7) is 0. The van der Waals surface area contributed by atoms with Crippen molar-refractivity contribution in [2.24, 2.45) is 0 Å². The van der Waals surface area contributed by atoms with Crippen molar-refractivity contribution in [3.8, 4) is 11.5 Å². The zero-order valence-corrected chi connectivity index (χ0v) is 12.6. The minimum absolute atomic E-state index is 0.131. The molecule has 2 unspecified atom stereocenters. The Balaban J connectivity index is 1.82. The summed E-state index contributed by atoms with van der Waals surface area (Å²) in [5, 5.41) is 20.1. The predicted octanol–water partition coefficient (Wildman–Crippen LogP) is 2.21. The fourth-order valence-corrected chi connectivity index (χ4v) is 2.17. The van der Waals surface area contributed by atoms with Gasteiger partial charge in [0.25, 0.3) is 6.43 Å². The van der Waals surface area contributed by atoms with Gasteiger partial charge in [-0.15, -0.1) is 5.10 Å². The Hall–Kier alpha value is -3.01. The minimum atomic E-state index is -3.01. The molecule has 0 bridgehead atoms. The van der Waals surface area contributed by atoms with Crippen LogP contribution in [0.25, 0.3) is 0 Å². The van der Waals surface area contributed by atoms with Gasteiger partial charge in [0.2, 0.25) is 0 Å². The number of benzene rings is 1. The molecule has 25 heavy (non-hydrogen) atoms. The third-order valence-electron chi connectivity index (χ3n) is 3.34. The van der Waals surface area contributed by atoms with Gasteiger partial charge in [0.05, 0.1) is 11.9 Å². The second kappa shape index (κ2) is 7.26. The van der Waals surface area contributed by atoms with E-state index in [4.69, 9.17) is 4.74 Å². The number of rotatable bonds is 6. The van der Waals surface area contributed by atoms with Gasteiger partial charge in [-0.05, 0) is 46.8 Å².